The molecule has 0 radical (unpaired) electrons. The first-order chi connectivity index (χ1) is 10.2. The predicted octanol–water partition coefficient (Wildman–Crippen LogP) is 4.30. The van der Waals surface area contributed by atoms with E-state index in [2.05, 4.69) is 31.3 Å². The van der Waals surface area contributed by atoms with Gasteiger partial charge in [-0.15, -0.1) is 0 Å². The summed E-state index contributed by atoms with van der Waals surface area (Å²) < 4.78 is 2.70. The van der Waals surface area contributed by atoms with Gasteiger partial charge >= 0.3 is 0 Å². The van der Waals surface area contributed by atoms with Crippen molar-refractivity contribution in [3.63, 3.8) is 0 Å². The average Bonchev–Trinajstić information content (AvgIpc) is 3.01. The summed E-state index contributed by atoms with van der Waals surface area (Å²) in [4.78, 5) is 3.93. The Morgan fingerprint density at radius 3 is 2.62 bits per heavy atom. The minimum Gasteiger partial charge on any atom is -0.381 e. The molecule has 0 saturated carbocycles. The predicted molar refractivity (Wildman–Crippen MR) is 87.8 cm³/mol. The maximum atomic E-state index is 6.20. The minimum atomic E-state index is 0.675. The van der Waals surface area contributed by atoms with Crippen molar-refractivity contribution in [1.82, 2.24) is 14.8 Å². The lowest BCUT2D eigenvalue weighted by molar-refractivity contribution is 0.879. The Bertz CT molecular complexity index is 726. The van der Waals surface area contributed by atoms with Crippen LogP contribution >= 0.6 is 27.5 Å². The summed E-state index contributed by atoms with van der Waals surface area (Å²) in [7, 11) is 0. The summed E-state index contributed by atoms with van der Waals surface area (Å²) in [6.45, 7) is 0.675. The summed E-state index contributed by atoms with van der Waals surface area (Å²) >= 11 is 9.60. The molecule has 0 saturated heterocycles. The van der Waals surface area contributed by atoms with E-state index in [4.69, 9.17) is 11.6 Å². The summed E-state index contributed by atoms with van der Waals surface area (Å²) in [6.07, 6.45) is 3.19. The monoisotopic (exact) mass is 362 g/mol. The van der Waals surface area contributed by atoms with Gasteiger partial charge in [0.2, 0.25) is 0 Å². The standard InChI is InChI=1S/C15H12BrClN4/c16-12-2-1-11(15(17)7-12)8-19-13-3-5-14(6-4-13)21-10-18-9-20-21/h1-7,9-10,19H,8H2. The maximum Gasteiger partial charge on any atom is 0.138 e. The van der Waals surface area contributed by atoms with Crippen LogP contribution in [0, 0.1) is 0 Å². The molecule has 1 heterocycles. The molecular weight excluding hydrogens is 352 g/mol. The van der Waals surface area contributed by atoms with E-state index in [9.17, 15) is 0 Å². The van der Waals surface area contributed by atoms with Crippen LogP contribution in [0.3, 0.4) is 0 Å². The molecule has 1 aromatic heterocycles. The normalized spacial score (nSPS) is 10.6. The van der Waals surface area contributed by atoms with Gasteiger partial charge in [0.1, 0.15) is 12.7 Å². The van der Waals surface area contributed by atoms with Crippen LogP contribution in [0.2, 0.25) is 5.02 Å². The van der Waals surface area contributed by atoms with Gasteiger partial charge in [-0.05, 0) is 42.0 Å². The highest BCUT2D eigenvalue weighted by molar-refractivity contribution is 9.10. The molecule has 0 aliphatic carbocycles. The summed E-state index contributed by atoms with van der Waals surface area (Å²) in [5, 5.41) is 8.19. The van der Waals surface area contributed by atoms with Crippen LogP contribution in [0.4, 0.5) is 5.69 Å². The van der Waals surface area contributed by atoms with Crippen LogP contribution < -0.4 is 5.32 Å². The number of halogens is 2. The molecule has 0 unspecified atom stereocenters. The highest BCUT2D eigenvalue weighted by atomic mass is 79.9. The number of hydrogen-bond acceptors (Lipinski definition) is 3. The van der Waals surface area contributed by atoms with E-state index < -0.39 is 0 Å². The van der Waals surface area contributed by atoms with E-state index in [1.807, 2.05) is 42.5 Å². The largest absolute Gasteiger partial charge is 0.381 e. The quantitative estimate of drug-likeness (QED) is 0.751. The SMILES string of the molecule is Clc1cc(Br)ccc1CNc1ccc(-n2cncn2)cc1. The second-order valence-electron chi connectivity index (χ2n) is 4.48. The first-order valence-corrected chi connectivity index (χ1v) is 7.52. The van der Waals surface area contributed by atoms with E-state index in [0.29, 0.717) is 6.54 Å². The van der Waals surface area contributed by atoms with E-state index in [1.165, 1.54) is 6.33 Å². The molecule has 2 aromatic carbocycles. The third kappa shape index (κ3) is 3.43. The molecule has 6 heteroatoms. The zero-order valence-electron chi connectivity index (χ0n) is 11.0. The fourth-order valence-electron chi connectivity index (χ4n) is 1.94. The van der Waals surface area contributed by atoms with Crippen LogP contribution in [-0.2, 0) is 6.54 Å². The highest BCUT2D eigenvalue weighted by Crippen LogP contribution is 2.22. The van der Waals surface area contributed by atoms with Crippen molar-refractivity contribution in [1.29, 1.82) is 0 Å². The lowest BCUT2D eigenvalue weighted by Crippen LogP contribution is -2.01. The molecule has 106 valence electrons. The van der Waals surface area contributed by atoms with Gasteiger partial charge in [0.25, 0.3) is 0 Å². The molecule has 0 bridgehead atoms. The van der Waals surface area contributed by atoms with Gasteiger partial charge in [-0.3, -0.25) is 0 Å². The van der Waals surface area contributed by atoms with Crippen LogP contribution in [0.5, 0.6) is 0 Å². The van der Waals surface area contributed by atoms with Gasteiger partial charge < -0.3 is 5.32 Å². The first kappa shape index (κ1) is 14.1. The molecule has 0 amide bonds. The summed E-state index contributed by atoms with van der Waals surface area (Å²) in [6, 6.07) is 13.9. The molecule has 1 N–H and O–H groups in total. The zero-order valence-corrected chi connectivity index (χ0v) is 13.3. The summed E-state index contributed by atoms with van der Waals surface area (Å²) in [5.41, 5.74) is 3.05. The highest BCUT2D eigenvalue weighted by Gasteiger charge is 2.02. The van der Waals surface area contributed by atoms with Crippen LogP contribution in [0.1, 0.15) is 5.56 Å². The van der Waals surface area contributed by atoms with Crippen LogP contribution in [0.25, 0.3) is 5.69 Å². The van der Waals surface area contributed by atoms with Crippen molar-refractivity contribution in [3.05, 3.63) is 70.2 Å². The molecule has 4 nitrogen and oxygen atoms in total. The second-order valence-corrected chi connectivity index (χ2v) is 5.80. The molecular formula is C15H12BrClN4. The van der Waals surface area contributed by atoms with Gasteiger partial charge in [-0.25, -0.2) is 9.67 Å². The van der Waals surface area contributed by atoms with Crippen LogP contribution in [-0.4, -0.2) is 14.8 Å². The van der Waals surface area contributed by atoms with E-state index in [1.54, 1.807) is 11.0 Å². The van der Waals surface area contributed by atoms with Gasteiger partial charge in [0.05, 0.1) is 5.69 Å². The molecule has 0 atom stereocenters. The molecule has 3 rings (SSSR count). The second kappa shape index (κ2) is 6.28. The molecule has 0 fully saturated rings. The molecule has 0 aliphatic heterocycles. The third-order valence-electron chi connectivity index (χ3n) is 3.05. The zero-order chi connectivity index (χ0) is 14.7. The number of aromatic nitrogens is 3. The number of nitrogens with one attached hydrogen (secondary N) is 1. The number of rotatable bonds is 4. The number of benzene rings is 2. The Morgan fingerprint density at radius 1 is 1.14 bits per heavy atom. The first-order valence-electron chi connectivity index (χ1n) is 6.35. The topological polar surface area (TPSA) is 42.7 Å². The maximum absolute atomic E-state index is 6.20. The van der Waals surface area contributed by atoms with Crippen molar-refractivity contribution in [2.24, 2.45) is 0 Å². The van der Waals surface area contributed by atoms with Gasteiger partial charge in [-0.2, -0.15) is 5.10 Å². The number of nitrogens with zero attached hydrogens (tertiary/aromatic N) is 3. The van der Waals surface area contributed by atoms with E-state index in [-0.39, 0.29) is 0 Å². The van der Waals surface area contributed by atoms with E-state index in [0.717, 1.165) is 26.4 Å². The Hall–Kier alpha value is -1.85. The summed E-state index contributed by atoms with van der Waals surface area (Å²) in [5.74, 6) is 0. The fraction of sp³-hybridized carbons (Fsp3) is 0.0667. The van der Waals surface area contributed by atoms with Crippen molar-refractivity contribution >= 4 is 33.2 Å². The Morgan fingerprint density at radius 2 is 1.95 bits per heavy atom. The average molecular weight is 364 g/mol. The number of hydrogen-bond donors (Lipinski definition) is 1. The van der Waals surface area contributed by atoms with Crippen molar-refractivity contribution in [3.8, 4) is 5.69 Å². The third-order valence-corrected chi connectivity index (χ3v) is 3.89. The molecule has 0 aliphatic rings. The fourth-order valence-corrected chi connectivity index (χ4v) is 2.68. The van der Waals surface area contributed by atoms with Crippen molar-refractivity contribution < 1.29 is 0 Å². The molecule has 0 spiro atoms. The molecule has 21 heavy (non-hydrogen) atoms. The Kier molecular flexibility index (Phi) is 4.22. The Labute approximate surface area is 135 Å². The lowest BCUT2D eigenvalue weighted by Gasteiger charge is -2.09. The number of anilines is 1. The van der Waals surface area contributed by atoms with Crippen molar-refractivity contribution in [2.45, 2.75) is 6.54 Å². The van der Waals surface area contributed by atoms with Crippen molar-refractivity contribution in [2.75, 3.05) is 5.32 Å². The Balaban J connectivity index is 1.68. The minimum absolute atomic E-state index is 0.675. The van der Waals surface area contributed by atoms with Gasteiger partial charge in [0.15, 0.2) is 0 Å². The van der Waals surface area contributed by atoms with E-state index >= 15 is 0 Å². The van der Waals surface area contributed by atoms with Crippen LogP contribution in [0.15, 0.2) is 59.6 Å². The van der Waals surface area contributed by atoms with Gasteiger partial charge in [0, 0.05) is 21.7 Å². The lowest BCUT2D eigenvalue weighted by atomic mass is 10.2. The smallest absolute Gasteiger partial charge is 0.138 e. The molecule has 3 aromatic rings. The van der Waals surface area contributed by atoms with Gasteiger partial charge in [-0.1, -0.05) is 33.6 Å².